The van der Waals surface area contributed by atoms with E-state index in [2.05, 4.69) is 10.0 Å². The minimum absolute atomic E-state index is 0.0681. The third kappa shape index (κ3) is 5.54. The summed E-state index contributed by atoms with van der Waals surface area (Å²) < 4.78 is 26.2. The maximum absolute atomic E-state index is 12.0. The summed E-state index contributed by atoms with van der Waals surface area (Å²) in [5.41, 5.74) is 0.989. The van der Waals surface area contributed by atoms with Gasteiger partial charge in [0.2, 0.25) is 0 Å². The average Bonchev–Trinajstić information content (AvgIpc) is 2.34. The Hall–Kier alpha value is -1.18. The number of thiocarbonyl (C=S) groups is 1. The molecule has 0 aliphatic rings. The first-order valence-electron chi connectivity index (χ1n) is 5.94. The van der Waals surface area contributed by atoms with E-state index in [-0.39, 0.29) is 16.6 Å². The summed E-state index contributed by atoms with van der Waals surface area (Å²) in [7, 11) is -3.62. The molecule has 0 heterocycles. The van der Waals surface area contributed by atoms with E-state index in [1.54, 1.807) is 12.1 Å². The summed E-state index contributed by atoms with van der Waals surface area (Å²) in [4.78, 5) is 0.178. The summed E-state index contributed by atoms with van der Waals surface area (Å²) in [6, 6.07) is 6.52. The first-order valence-corrected chi connectivity index (χ1v) is 7.83. The number of hydrogen-bond donors (Lipinski definition) is 3. The predicted molar refractivity (Wildman–Crippen MR) is 78.4 cm³/mol. The Morgan fingerprint density at radius 1 is 1.26 bits per heavy atom. The lowest BCUT2D eigenvalue weighted by molar-refractivity contribution is 0.285. The Balaban J connectivity index is 2.55. The molecule has 0 fully saturated rings. The second kappa shape index (κ2) is 7.42. The van der Waals surface area contributed by atoms with Crippen LogP contribution in [0.15, 0.2) is 29.2 Å². The van der Waals surface area contributed by atoms with Crippen LogP contribution in [0.3, 0.4) is 0 Å². The fraction of sp³-hybridized carbons (Fsp3) is 0.417. The van der Waals surface area contributed by atoms with Gasteiger partial charge in [-0.3, -0.25) is 4.72 Å². The molecular weight excluding hydrogens is 284 g/mol. The number of aryl methyl sites for hydroxylation is 1. The maximum atomic E-state index is 12.0. The zero-order valence-corrected chi connectivity index (χ0v) is 12.4. The lowest BCUT2D eigenvalue weighted by Crippen LogP contribution is -2.39. The van der Waals surface area contributed by atoms with E-state index in [1.165, 1.54) is 12.1 Å². The number of hydrogen-bond acceptors (Lipinski definition) is 4. The van der Waals surface area contributed by atoms with Crippen LogP contribution in [0, 0.1) is 6.92 Å². The van der Waals surface area contributed by atoms with Gasteiger partial charge < -0.3 is 10.4 Å². The molecule has 0 unspecified atom stereocenters. The number of aliphatic hydroxyl groups is 1. The van der Waals surface area contributed by atoms with E-state index in [9.17, 15) is 8.42 Å². The van der Waals surface area contributed by atoms with E-state index < -0.39 is 10.0 Å². The number of nitrogens with one attached hydrogen (secondary N) is 2. The van der Waals surface area contributed by atoms with Crippen molar-refractivity contribution in [3.8, 4) is 0 Å². The summed E-state index contributed by atoms with van der Waals surface area (Å²) >= 11 is 4.91. The van der Waals surface area contributed by atoms with Crippen molar-refractivity contribution in [1.82, 2.24) is 10.0 Å². The second-order valence-electron chi connectivity index (χ2n) is 4.11. The summed E-state index contributed by atoms with van der Waals surface area (Å²) in [5, 5.41) is 11.5. The van der Waals surface area contributed by atoms with Crippen LogP contribution >= 0.6 is 12.2 Å². The van der Waals surface area contributed by atoms with E-state index in [1.807, 2.05) is 6.92 Å². The topological polar surface area (TPSA) is 78.4 Å². The molecule has 0 aliphatic carbocycles. The van der Waals surface area contributed by atoms with Crippen molar-refractivity contribution in [1.29, 1.82) is 0 Å². The van der Waals surface area contributed by atoms with Crippen LogP contribution in [0.2, 0.25) is 0 Å². The van der Waals surface area contributed by atoms with E-state index in [4.69, 9.17) is 17.3 Å². The quantitative estimate of drug-likeness (QED) is 0.538. The molecule has 1 aromatic rings. The maximum Gasteiger partial charge on any atom is 0.263 e. The van der Waals surface area contributed by atoms with Gasteiger partial charge in [0, 0.05) is 13.2 Å². The number of sulfonamides is 1. The minimum Gasteiger partial charge on any atom is -0.396 e. The molecule has 19 heavy (non-hydrogen) atoms. The van der Waals surface area contributed by atoms with E-state index in [0.29, 0.717) is 13.0 Å². The average molecular weight is 302 g/mol. The van der Waals surface area contributed by atoms with Crippen LogP contribution in [0.5, 0.6) is 0 Å². The van der Waals surface area contributed by atoms with Crippen molar-refractivity contribution < 1.29 is 13.5 Å². The van der Waals surface area contributed by atoms with Crippen LogP contribution < -0.4 is 10.0 Å². The van der Waals surface area contributed by atoms with Gasteiger partial charge in [0.1, 0.15) is 0 Å². The Morgan fingerprint density at radius 3 is 2.47 bits per heavy atom. The van der Waals surface area contributed by atoms with Crippen molar-refractivity contribution in [2.24, 2.45) is 0 Å². The molecule has 0 amide bonds. The highest BCUT2D eigenvalue weighted by Gasteiger charge is 2.14. The molecule has 3 N–H and O–H groups in total. The van der Waals surface area contributed by atoms with Gasteiger partial charge in [-0.25, -0.2) is 8.42 Å². The summed E-state index contributed by atoms with van der Waals surface area (Å²) in [6.07, 6.45) is 1.38. The number of unbranched alkanes of at least 4 members (excludes halogenated alkanes) is 1. The largest absolute Gasteiger partial charge is 0.396 e. The molecular formula is C12H18N2O3S2. The molecule has 0 saturated carbocycles. The van der Waals surface area contributed by atoms with Crippen LogP contribution in [-0.4, -0.2) is 31.8 Å². The van der Waals surface area contributed by atoms with E-state index >= 15 is 0 Å². The Bertz CT molecular complexity index is 512. The van der Waals surface area contributed by atoms with Gasteiger partial charge in [0.15, 0.2) is 5.11 Å². The van der Waals surface area contributed by atoms with Crippen LogP contribution in [0.25, 0.3) is 0 Å². The Kier molecular flexibility index (Phi) is 6.20. The van der Waals surface area contributed by atoms with Crippen molar-refractivity contribution in [3.05, 3.63) is 29.8 Å². The third-order valence-electron chi connectivity index (χ3n) is 2.43. The van der Waals surface area contributed by atoms with Crippen LogP contribution in [-0.2, 0) is 10.0 Å². The van der Waals surface area contributed by atoms with E-state index in [0.717, 1.165) is 12.0 Å². The normalized spacial score (nSPS) is 11.1. The highest BCUT2D eigenvalue weighted by Crippen LogP contribution is 2.09. The molecule has 7 heteroatoms. The number of rotatable bonds is 6. The smallest absolute Gasteiger partial charge is 0.263 e. The molecule has 0 spiro atoms. The first-order chi connectivity index (χ1) is 8.95. The van der Waals surface area contributed by atoms with Gasteiger partial charge in [-0.2, -0.15) is 0 Å². The molecule has 0 bridgehead atoms. The van der Waals surface area contributed by atoms with Gasteiger partial charge in [-0.05, 0) is 44.1 Å². The molecule has 0 aliphatic heterocycles. The number of aliphatic hydroxyl groups excluding tert-OH is 1. The molecule has 0 radical (unpaired) electrons. The summed E-state index contributed by atoms with van der Waals surface area (Å²) in [6.45, 7) is 2.52. The first kappa shape index (κ1) is 15.9. The van der Waals surface area contributed by atoms with Gasteiger partial charge >= 0.3 is 0 Å². The zero-order chi connectivity index (χ0) is 14.3. The molecule has 1 rings (SSSR count). The highest BCUT2D eigenvalue weighted by molar-refractivity contribution is 7.91. The standard InChI is InChI=1S/C12H18N2O3S2/c1-10-4-6-11(7-5-10)19(16,17)14-12(18)13-8-2-3-9-15/h4-7,15H,2-3,8-9H2,1H3,(H2,13,14,18). The van der Waals surface area contributed by atoms with Crippen LogP contribution in [0.4, 0.5) is 0 Å². The Morgan fingerprint density at radius 2 is 1.89 bits per heavy atom. The molecule has 0 atom stereocenters. The number of benzene rings is 1. The molecule has 5 nitrogen and oxygen atoms in total. The predicted octanol–water partition coefficient (Wildman–Crippen LogP) is 0.920. The molecule has 0 aromatic heterocycles. The molecule has 0 saturated heterocycles. The van der Waals surface area contributed by atoms with Gasteiger partial charge in [-0.1, -0.05) is 17.7 Å². The highest BCUT2D eigenvalue weighted by atomic mass is 32.2. The fourth-order valence-corrected chi connectivity index (χ4v) is 2.73. The lowest BCUT2D eigenvalue weighted by Gasteiger charge is -2.11. The van der Waals surface area contributed by atoms with Crippen molar-refractivity contribution in [3.63, 3.8) is 0 Å². The van der Waals surface area contributed by atoms with Crippen molar-refractivity contribution in [2.45, 2.75) is 24.7 Å². The molecule has 1 aromatic carbocycles. The summed E-state index contributed by atoms with van der Waals surface area (Å²) in [5.74, 6) is 0. The SMILES string of the molecule is Cc1ccc(S(=O)(=O)NC(=S)NCCCCO)cc1. The van der Waals surface area contributed by atoms with Crippen LogP contribution in [0.1, 0.15) is 18.4 Å². The fourth-order valence-electron chi connectivity index (χ4n) is 1.37. The zero-order valence-electron chi connectivity index (χ0n) is 10.7. The minimum atomic E-state index is -3.62. The Labute approximate surface area is 119 Å². The lowest BCUT2D eigenvalue weighted by atomic mass is 10.2. The van der Waals surface area contributed by atoms with Gasteiger partial charge in [0.25, 0.3) is 10.0 Å². The molecule has 106 valence electrons. The monoisotopic (exact) mass is 302 g/mol. The van der Waals surface area contributed by atoms with Gasteiger partial charge in [0.05, 0.1) is 4.90 Å². The third-order valence-corrected chi connectivity index (χ3v) is 4.17. The second-order valence-corrected chi connectivity index (χ2v) is 6.20. The van der Waals surface area contributed by atoms with Crippen molar-refractivity contribution in [2.75, 3.05) is 13.2 Å². The van der Waals surface area contributed by atoms with Crippen molar-refractivity contribution >= 4 is 27.4 Å². The van der Waals surface area contributed by atoms with Gasteiger partial charge in [-0.15, -0.1) is 0 Å².